The number of ether oxygens (including phenoxy) is 2. The Kier molecular flexibility index (Phi) is 4.44. The number of urea groups is 1. The van der Waals surface area contributed by atoms with Crippen LogP contribution in [0.2, 0.25) is 0 Å². The minimum atomic E-state index is -0.0672. The Morgan fingerprint density at radius 3 is 2.85 bits per heavy atom. The van der Waals surface area contributed by atoms with Crippen LogP contribution in [0.1, 0.15) is 41.5 Å². The van der Waals surface area contributed by atoms with Crippen LogP contribution < -0.4 is 14.8 Å². The van der Waals surface area contributed by atoms with E-state index in [4.69, 9.17) is 14.0 Å². The zero-order valence-electron chi connectivity index (χ0n) is 15.1. The van der Waals surface area contributed by atoms with E-state index in [2.05, 4.69) is 10.5 Å². The van der Waals surface area contributed by atoms with Gasteiger partial charge >= 0.3 is 6.03 Å². The van der Waals surface area contributed by atoms with E-state index >= 15 is 0 Å². The third-order valence-corrected chi connectivity index (χ3v) is 5.06. The van der Waals surface area contributed by atoms with Crippen LogP contribution in [0.4, 0.5) is 4.79 Å². The first-order chi connectivity index (χ1) is 12.6. The predicted molar refractivity (Wildman–Crippen MR) is 94.3 cm³/mol. The van der Waals surface area contributed by atoms with Crippen molar-refractivity contribution < 1.29 is 18.8 Å². The normalized spacial score (nSPS) is 18.8. The molecule has 138 valence electrons. The van der Waals surface area contributed by atoms with Gasteiger partial charge in [0.1, 0.15) is 19.0 Å². The van der Waals surface area contributed by atoms with Crippen LogP contribution in [-0.2, 0) is 6.54 Å². The van der Waals surface area contributed by atoms with Crippen molar-refractivity contribution in [2.45, 2.75) is 39.3 Å². The first-order valence-corrected chi connectivity index (χ1v) is 8.99. The number of aryl methyl sites for hydroxylation is 2. The number of amides is 2. The summed E-state index contributed by atoms with van der Waals surface area (Å²) < 4.78 is 16.4. The van der Waals surface area contributed by atoms with Crippen molar-refractivity contribution in [3.63, 3.8) is 0 Å². The molecule has 2 aromatic rings. The van der Waals surface area contributed by atoms with Crippen LogP contribution >= 0.6 is 0 Å². The van der Waals surface area contributed by atoms with E-state index in [0.29, 0.717) is 19.8 Å². The van der Waals surface area contributed by atoms with Gasteiger partial charge in [-0.3, -0.25) is 0 Å². The highest BCUT2D eigenvalue weighted by molar-refractivity contribution is 5.75. The Morgan fingerprint density at radius 2 is 2.08 bits per heavy atom. The number of benzene rings is 1. The molecule has 2 aliphatic rings. The van der Waals surface area contributed by atoms with E-state index in [1.807, 2.05) is 36.9 Å². The molecule has 2 aliphatic heterocycles. The monoisotopic (exact) mass is 357 g/mol. The highest BCUT2D eigenvalue weighted by Crippen LogP contribution is 2.38. The lowest BCUT2D eigenvalue weighted by atomic mass is 10.0. The van der Waals surface area contributed by atoms with Gasteiger partial charge < -0.3 is 24.2 Å². The van der Waals surface area contributed by atoms with Gasteiger partial charge in [0.05, 0.1) is 11.7 Å². The fourth-order valence-corrected chi connectivity index (χ4v) is 3.64. The molecule has 1 saturated heterocycles. The molecule has 4 rings (SSSR count). The summed E-state index contributed by atoms with van der Waals surface area (Å²) in [6.07, 6.45) is 1.93. The van der Waals surface area contributed by atoms with E-state index in [-0.39, 0.29) is 12.1 Å². The van der Waals surface area contributed by atoms with Gasteiger partial charge in [0.2, 0.25) is 0 Å². The van der Waals surface area contributed by atoms with E-state index < -0.39 is 0 Å². The van der Waals surface area contributed by atoms with Gasteiger partial charge in [-0.05, 0) is 44.4 Å². The highest BCUT2D eigenvalue weighted by Gasteiger charge is 2.31. The molecule has 26 heavy (non-hydrogen) atoms. The summed E-state index contributed by atoms with van der Waals surface area (Å²) in [5.74, 6) is 2.27. The number of carbonyl (C=O) groups excluding carboxylic acids is 1. The molecule has 0 radical (unpaired) electrons. The third kappa shape index (κ3) is 3.09. The van der Waals surface area contributed by atoms with Crippen LogP contribution in [0.15, 0.2) is 22.7 Å². The number of aromatic nitrogens is 1. The number of hydrogen-bond donors (Lipinski definition) is 1. The Labute approximate surface area is 152 Å². The lowest BCUT2D eigenvalue weighted by Gasteiger charge is -2.27. The summed E-state index contributed by atoms with van der Waals surface area (Å²) in [6.45, 7) is 6.03. The Hall–Kier alpha value is -2.70. The number of carbonyl (C=O) groups is 1. The zero-order chi connectivity index (χ0) is 18.1. The molecular formula is C19H23N3O4. The molecule has 0 spiro atoms. The van der Waals surface area contributed by atoms with Gasteiger partial charge in [-0.15, -0.1) is 0 Å². The highest BCUT2D eigenvalue weighted by atomic mass is 16.6. The Morgan fingerprint density at radius 1 is 1.27 bits per heavy atom. The quantitative estimate of drug-likeness (QED) is 0.913. The molecule has 7 heteroatoms. The standard InChI is InChI=1S/C19H23N3O4/c1-12-15(13(2)26-21-12)11-20-19(23)22-7-3-4-16(22)14-5-6-17-18(10-14)25-9-8-24-17/h5-6,10,16H,3-4,7-9,11H2,1-2H3,(H,20,23). The Balaban J connectivity index is 1.47. The molecule has 0 saturated carbocycles. The molecule has 1 atom stereocenters. The first kappa shape index (κ1) is 16.8. The van der Waals surface area contributed by atoms with Crippen molar-refractivity contribution in [3.8, 4) is 11.5 Å². The first-order valence-electron chi connectivity index (χ1n) is 8.99. The average Bonchev–Trinajstić information content (AvgIpc) is 3.27. The van der Waals surface area contributed by atoms with Crippen molar-refractivity contribution >= 4 is 6.03 Å². The average molecular weight is 357 g/mol. The molecule has 1 unspecified atom stereocenters. The smallest absolute Gasteiger partial charge is 0.318 e. The summed E-state index contributed by atoms with van der Waals surface area (Å²) in [5, 5.41) is 6.93. The largest absolute Gasteiger partial charge is 0.486 e. The van der Waals surface area contributed by atoms with Crippen molar-refractivity contribution in [1.29, 1.82) is 0 Å². The number of nitrogens with one attached hydrogen (secondary N) is 1. The number of likely N-dealkylation sites (tertiary alicyclic amines) is 1. The summed E-state index contributed by atoms with van der Waals surface area (Å²) in [7, 11) is 0. The van der Waals surface area contributed by atoms with Crippen molar-refractivity contribution in [2.24, 2.45) is 0 Å². The van der Waals surface area contributed by atoms with E-state index in [1.165, 1.54) is 0 Å². The van der Waals surface area contributed by atoms with E-state index in [1.54, 1.807) is 0 Å². The molecule has 1 fully saturated rings. The van der Waals surface area contributed by atoms with Crippen molar-refractivity contribution in [1.82, 2.24) is 15.4 Å². The van der Waals surface area contributed by atoms with Gasteiger partial charge in [0.15, 0.2) is 11.5 Å². The van der Waals surface area contributed by atoms with Gasteiger partial charge in [-0.2, -0.15) is 0 Å². The van der Waals surface area contributed by atoms with Crippen LogP contribution in [0.25, 0.3) is 0 Å². The lowest BCUT2D eigenvalue weighted by molar-refractivity contribution is 0.170. The fraction of sp³-hybridized carbons (Fsp3) is 0.474. The minimum Gasteiger partial charge on any atom is -0.486 e. The maximum Gasteiger partial charge on any atom is 0.318 e. The molecule has 1 aromatic carbocycles. The zero-order valence-corrected chi connectivity index (χ0v) is 15.1. The van der Waals surface area contributed by atoms with E-state index in [0.717, 1.165) is 53.5 Å². The second-order valence-corrected chi connectivity index (χ2v) is 6.72. The minimum absolute atomic E-state index is 0.0514. The SMILES string of the molecule is Cc1noc(C)c1CNC(=O)N1CCCC1c1ccc2c(c1)OCCO2. The van der Waals surface area contributed by atoms with Crippen molar-refractivity contribution in [2.75, 3.05) is 19.8 Å². The second-order valence-electron chi connectivity index (χ2n) is 6.72. The molecule has 3 heterocycles. The van der Waals surface area contributed by atoms with Gasteiger partial charge in [-0.1, -0.05) is 11.2 Å². The van der Waals surface area contributed by atoms with Crippen molar-refractivity contribution in [3.05, 3.63) is 40.8 Å². The second kappa shape index (κ2) is 6.90. The summed E-state index contributed by atoms with van der Waals surface area (Å²) in [6, 6.07) is 5.94. The summed E-state index contributed by atoms with van der Waals surface area (Å²) >= 11 is 0. The maximum atomic E-state index is 12.7. The third-order valence-electron chi connectivity index (χ3n) is 5.06. The molecule has 2 amide bonds. The van der Waals surface area contributed by atoms with Crippen LogP contribution in [0.3, 0.4) is 0 Å². The molecular weight excluding hydrogens is 334 g/mol. The van der Waals surface area contributed by atoms with Crippen LogP contribution in [0, 0.1) is 13.8 Å². The Bertz CT molecular complexity index is 798. The fourth-order valence-electron chi connectivity index (χ4n) is 3.64. The molecule has 0 aliphatic carbocycles. The summed E-state index contributed by atoms with van der Waals surface area (Å²) in [5.41, 5.74) is 2.83. The maximum absolute atomic E-state index is 12.7. The number of rotatable bonds is 3. The predicted octanol–water partition coefficient (Wildman–Crippen LogP) is 3.11. The van der Waals surface area contributed by atoms with Gasteiger partial charge in [0, 0.05) is 18.7 Å². The topological polar surface area (TPSA) is 76.8 Å². The molecule has 1 N–H and O–H groups in total. The number of fused-ring (bicyclic) bond motifs is 1. The lowest BCUT2D eigenvalue weighted by Crippen LogP contribution is -2.39. The molecule has 1 aromatic heterocycles. The van der Waals surface area contributed by atoms with Crippen LogP contribution in [0.5, 0.6) is 11.5 Å². The van der Waals surface area contributed by atoms with E-state index in [9.17, 15) is 4.79 Å². The van der Waals surface area contributed by atoms with Crippen LogP contribution in [-0.4, -0.2) is 35.8 Å². The number of nitrogens with zero attached hydrogens (tertiary/aromatic N) is 2. The molecule has 7 nitrogen and oxygen atoms in total. The van der Waals surface area contributed by atoms with Gasteiger partial charge in [-0.25, -0.2) is 4.79 Å². The van der Waals surface area contributed by atoms with Gasteiger partial charge in [0.25, 0.3) is 0 Å². The summed E-state index contributed by atoms with van der Waals surface area (Å²) in [4.78, 5) is 14.6. The number of hydrogen-bond acceptors (Lipinski definition) is 5. The molecule has 0 bridgehead atoms.